The van der Waals surface area contributed by atoms with Crippen LogP contribution in [0.2, 0.25) is 0 Å². The first-order valence-electron chi connectivity index (χ1n) is 8.23. The van der Waals surface area contributed by atoms with Gasteiger partial charge in [-0.1, -0.05) is 32.4 Å². The number of nitrogens with one attached hydrogen (secondary N) is 1. The summed E-state index contributed by atoms with van der Waals surface area (Å²) in [5.74, 6) is 1.13. The number of nitrogens with zero attached hydrogens (tertiary/aromatic N) is 1. The predicted octanol–water partition coefficient (Wildman–Crippen LogP) is 3.71. The monoisotopic (exact) mass is 288 g/mol. The molecule has 3 heteroatoms. The number of hydrogen-bond donors (Lipinski definition) is 1. The Morgan fingerprint density at radius 2 is 2.14 bits per heavy atom. The molecule has 0 amide bonds. The molecule has 0 radical (unpaired) electrons. The van der Waals surface area contributed by atoms with Crippen molar-refractivity contribution in [1.29, 1.82) is 0 Å². The van der Waals surface area contributed by atoms with Gasteiger partial charge in [-0.3, -0.25) is 4.90 Å². The minimum Gasteiger partial charge on any atom is -0.468 e. The molecular weight excluding hydrogens is 260 g/mol. The van der Waals surface area contributed by atoms with Gasteiger partial charge in [0.2, 0.25) is 0 Å². The average molecular weight is 288 g/mol. The molecule has 0 saturated heterocycles. The van der Waals surface area contributed by atoms with Crippen LogP contribution in [-0.4, -0.2) is 24.0 Å². The maximum atomic E-state index is 5.71. The molecular formula is C18H28N2O. The van der Waals surface area contributed by atoms with Gasteiger partial charge in [-0.25, -0.2) is 0 Å². The summed E-state index contributed by atoms with van der Waals surface area (Å²) in [5.41, 5.74) is 3.23. The number of rotatable bonds is 5. The van der Waals surface area contributed by atoms with E-state index in [2.05, 4.69) is 43.1 Å². The molecule has 0 atom stereocenters. The van der Waals surface area contributed by atoms with Gasteiger partial charge >= 0.3 is 0 Å². The van der Waals surface area contributed by atoms with E-state index in [1.165, 1.54) is 24.8 Å². The molecule has 0 aromatic carbocycles. The summed E-state index contributed by atoms with van der Waals surface area (Å²) in [6.07, 6.45) is 8.09. The first-order valence-corrected chi connectivity index (χ1v) is 8.23. The van der Waals surface area contributed by atoms with Gasteiger partial charge in [0.1, 0.15) is 5.76 Å². The van der Waals surface area contributed by atoms with Crippen LogP contribution in [0.25, 0.3) is 0 Å². The van der Waals surface area contributed by atoms with Crippen LogP contribution in [0.5, 0.6) is 0 Å². The summed E-state index contributed by atoms with van der Waals surface area (Å²) in [6, 6.07) is 2.87. The Labute approximate surface area is 128 Å². The summed E-state index contributed by atoms with van der Waals surface area (Å²) in [4.78, 5) is 2.48. The molecule has 1 saturated carbocycles. The van der Waals surface area contributed by atoms with E-state index in [-0.39, 0.29) is 0 Å². The van der Waals surface area contributed by atoms with Gasteiger partial charge in [0, 0.05) is 31.2 Å². The predicted molar refractivity (Wildman–Crippen MR) is 86.0 cm³/mol. The number of hydrogen-bond acceptors (Lipinski definition) is 3. The van der Waals surface area contributed by atoms with Crippen molar-refractivity contribution in [2.24, 2.45) is 5.41 Å². The van der Waals surface area contributed by atoms with E-state index in [1.54, 1.807) is 5.57 Å². The Hall–Kier alpha value is -1.06. The third-order valence-electron chi connectivity index (χ3n) is 4.62. The van der Waals surface area contributed by atoms with Crippen LogP contribution in [0.4, 0.5) is 0 Å². The van der Waals surface area contributed by atoms with Crippen LogP contribution in [0, 0.1) is 5.41 Å². The Bertz CT molecular complexity index is 506. The van der Waals surface area contributed by atoms with Crippen molar-refractivity contribution in [1.82, 2.24) is 10.2 Å². The number of furan rings is 1. The normalized spacial score (nSPS) is 20.6. The Kier molecular flexibility index (Phi) is 4.23. The van der Waals surface area contributed by atoms with E-state index >= 15 is 0 Å². The molecule has 3 nitrogen and oxygen atoms in total. The SMILES string of the molecule is CC(C)(C)C1=CCN(Cc2occc2CNC2CC2)CC1. The van der Waals surface area contributed by atoms with Crippen LogP contribution in [0.3, 0.4) is 0 Å². The molecule has 1 fully saturated rings. The van der Waals surface area contributed by atoms with Gasteiger partial charge in [0.25, 0.3) is 0 Å². The summed E-state index contributed by atoms with van der Waals surface area (Å²) < 4.78 is 5.71. The lowest BCUT2D eigenvalue weighted by Crippen LogP contribution is -2.31. The lowest BCUT2D eigenvalue weighted by molar-refractivity contribution is 0.249. The Morgan fingerprint density at radius 1 is 1.33 bits per heavy atom. The van der Waals surface area contributed by atoms with Crippen LogP contribution < -0.4 is 5.32 Å². The van der Waals surface area contributed by atoms with Gasteiger partial charge in [-0.05, 0) is 30.7 Å². The van der Waals surface area contributed by atoms with Crippen LogP contribution in [0.15, 0.2) is 28.4 Å². The molecule has 1 aromatic rings. The zero-order valence-electron chi connectivity index (χ0n) is 13.6. The maximum absolute atomic E-state index is 5.71. The van der Waals surface area contributed by atoms with E-state index in [4.69, 9.17) is 4.42 Å². The van der Waals surface area contributed by atoms with Gasteiger partial charge in [0.05, 0.1) is 12.8 Å². The molecule has 0 spiro atoms. The van der Waals surface area contributed by atoms with Crippen LogP contribution in [-0.2, 0) is 13.1 Å². The molecule has 1 N–H and O–H groups in total. The lowest BCUT2D eigenvalue weighted by atomic mass is 9.83. The fraction of sp³-hybridized carbons (Fsp3) is 0.667. The van der Waals surface area contributed by atoms with E-state index in [9.17, 15) is 0 Å². The first-order chi connectivity index (χ1) is 10.0. The molecule has 3 rings (SSSR count). The van der Waals surface area contributed by atoms with Gasteiger partial charge in [-0.2, -0.15) is 0 Å². The van der Waals surface area contributed by atoms with Crippen LogP contribution >= 0.6 is 0 Å². The largest absolute Gasteiger partial charge is 0.468 e. The maximum Gasteiger partial charge on any atom is 0.122 e. The molecule has 1 aromatic heterocycles. The van der Waals surface area contributed by atoms with Crippen molar-refractivity contribution in [2.45, 2.75) is 59.2 Å². The summed E-state index contributed by atoms with van der Waals surface area (Å²) in [6.45, 7) is 11.0. The summed E-state index contributed by atoms with van der Waals surface area (Å²) >= 11 is 0. The minimum atomic E-state index is 0.316. The van der Waals surface area contributed by atoms with Crippen molar-refractivity contribution in [3.63, 3.8) is 0 Å². The molecule has 1 aliphatic carbocycles. The molecule has 1 aliphatic heterocycles. The second kappa shape index (κ2) is 5.98. The van der Waals surface area contributed by atoms with Crippen molar-refractivity contribution in [3.8, 4) is 0 Å². The zero-order valence-corrected chi connectivity index (χ0v) is 13.6. The van der Waals surface area contributed by atoms with Crippen molar-refractivity contribution in [3.05, 3.63) is 35.3 Å². The Morgan fingerprint density at radius 3 is 2.76 bits per heavy atom. The second-order valence-corrected chi connectivity index (χ2v) is 7.49. The second-order valence-electron chi connectivity index (χ2n) is 7.49. The van der Waals surface area contributed by atoms with E-state index in [0.29, 0.717) is 5.41 Å². The highest BCUT2D eigenvalue weighted by Gasteiger charge is 2.23. The van der Waals surface area contributed by atoms with Gasteiger partial charge in [-0.15, -0.1) is 0 Å². The topological polar surface area (TPSA) is 28.4 Å². The smallest absolute Gasteiger partial charge is 0.122 e. The van der Waals surface area contributed by atoms with Crippen molar-refractivity contribution >= 4 is 0 Å². The molecule has 0 unspecified atom stereocenters. The Balaban J connectivity index is 1.55. The average Bonchev–Trinajstić information content (AvgIpc) is 3.17. The summed E-state index contributed by atoms with van der Waals surface area (Å²) in [7, 11) is 0. The van der Waals surface area contributed by atoms with Crippen molar-refractivity contribution < 1.29 is 4.42 Å². The zero-order chi connectivity index (χ0) is 14.9. The van der Waals surface area contributed by atoms with Crippen LogP contribution in [0.1, 0.15) is 51.4 Å². The van der Waals surface area contributed by atoms with Gasteiger partial charge < -0.3 is 9.73 Å². The fourth-order valence-corrected chi connectivity index (χ4v) is 2.94. The van der Waals surface area contributed by atoms with Crippen molar-refractivity contribution in [2.75, 3.05) is 13.1 Å². The van der Waals surface area contributed by atoms with E-state index < -0.39 is 0 Å². The third-order valence-corrected chi connectivity index (χ3v) is 4.62. The van der Waals surface area contributed by atoms with E-state index in [1.807, 2.05) is 6.26 Å². The third kappa shape index (κ3) is 3.98. The first kappa shape index (κ1) is 14.9. The molecule has 2 aliphatic rings. The minimum absolute atomic E-state index is 0.316. The fourth-order valence-electron chi connectivity index (χ4n) is 2.94. The highest BCUT2D eigenvalue weighted by atomic mass is 16.3. The highest BCUT2D eigenvalue weighted by Crippen LogP contribution is 2.30. The quantitative estimate of drug-likeness (QED) is 0.837. The molecule has 116 valence electrons. The molecule has 0 bridgehead atoms. The molecule has 21 heavy (non-hydrogen) atoms. The highest BCUT2D eigenvalue weighted by molar-refractivity contribution is 5.19. The molecule has 2 heterocycles. The lowest BCUT2D eigenvalue weighted by Gasteiger charge is -2.31. The van der Waals surface area contributed by atoms with Gasteiger partial charge in [0.15, 0.2) is 0 Å². The van der Waals surface area contributed by atoms with E-state index in [0.717, 1.165) is 38.0 Å². The standard InChI is InChI=1S/C18H28N2O/c1-18(2,3)15-6-9-20(10-7-15)13-17-14(8-11-21-17)12-19-16-4-5-16/h6,8,11,16,19H,4-5,7,9-10,12-13H2,1-3H3. The summed E-state index contributed by atoms with van der Waals surface area (Å²) in [5, 5.41) is 3.57.